The summed E-state index contributed by atoms with van der Waals surface area (Å²) in [5, 5.41) is 11.3. The number of unbranched alkanes of at least 4 members (excludes halogenated alkanes) is 1. The van der Waals surface area contributed by atoms with E-state index in [1.165, 1.54) is 6.07 Å². The van der Waals surface area contributed by atoms with E-state index in [0.717, 1.165) is 6.07 Å². The second kappa shape index (κ2) is 7.85. The summed E-state index contributed by atoms with van der Waals surface area (Å²) in [7, 11) is 0. The molecule has 0 aliphatic carbocycles. The van der Waals surface area contributed by atoms with Crippen molar-refractivity contribution in [3.8, 4) is 0 Å². The minimum atomic E-state index is -0.861. The molecule has 0 aliphatic rings. The van der Waals surface area contributed by atoms with Crippen molar-refractivity contribution in [1.82, 2.24) is 5.32 Å². The van der Waals surface area contributed by atoms with E-state index >= 15 is 0 Å². The van der Waals surface area contributed by atoms with Crippen LogP contribution in [0.25, 0.3) is 0 Å². The quantitative estimate of drug-likeness (QED) is 0.761. The summed E-state index contributed by atoms with van der Waals surface area (Å²) in [6, 6.07) is 2.60. The maximum absolute atomic E-state index is 13.7. The molecule has 110 valence electrons. The maximum atomic E-state index is 13.7. The number of carboxylic acid groups (broad SMARTS) is 1. The van der Waals surface area contributed by atoms with Crippen LogP contribution in [0.2, 0.25) is 5.02 Å². The van der Waals surface area contributed by atoms with Crippen LogP contribution in [0.3, 0.4) is 0 Å². The SMILES string of the molecule is CCc1c(F)cc(C(=O)NCCCCC(=O)O)cc1Cl. The smallest absolute Gasteiger partial charge is 0.303 e. The van der Waals surface area contributed by atoms with Crippen LogP contribution >= 0.6 is 11.6 Å². The number of carbonyl (C=O) groups excluding carboxylic acids is 1. The number of hydrogen-bond donors (Lipinski definition) is 2. The monoisotopic (exact) mass is 301 g/mol. The Labute approximate surface area is 121 Å². The molecule has 2 N–H and O–H groups in total. The zero-order chi connectivity index (χ0) is 15.1. The highest BCUT2D eigenvalue weighted by atomic mass is 35.5. The molecule has 0 aliphatic heterocycles. The van der Waals surface area contributed by atoms with Gasteiger partial charge in [0.05, 0.1) is 0 Å². The molecule has 0 saturated heterocycles. The lowest BCUT2D eigenvalue weighted by Gasteiger charge is -2.08. The Kier molecular flexibility index (Phi) is 6.45. The number of carbonyl (C=O) groups is 2. The van der Waals surface area contributed by atoms with Gasteiger partial charge in [-0.25, -0.2) is 4.39 Å². The van der Waals surface area contributed by atoms with E-state index in [-0.39, 0.29) is 17.0 Å². The number of hydrogen-bond acceptors (Lipinski definition) is 2. The molecule has 0 fully saturated rings. The molecule has 4 nitrogen and oxygen atoms in total. The lowest BCUT2D eigenvalue weighted by molar-refractivity contribution is -0.137. The van der Waals surface area contributed by atoms with Gasteiger partial charge in [-0.3, -0.25) is 9.59 Å². The Hall–Kier alpha value is -1.62. The largest absolute Gasteiger partial charge is 0.481 e. The van der Waals surface area contributed by atoms with Gasteiger partial charge in [0.2, 0.25) is 0 Å². The van der Waals surface area contributed by atoms with Crippen LogP contribution in [-0.4, -0.2) is 23.5 Å². The first-order valence-corrected chi connectivity index (χ1v) is 6.81. The first-order chi connectivity index (χ1) is 9.45. The summed E-state index contributed by atoms with van der Waals surface area (Å²) in [6.45, 7) is 2.13. The van der Waals surface area contributed by atoms with Gasteiger partial charge in [0.25, 0.3) is 5.91 Å². The minimum absolute atomic E-state index is 0.0710. The predicted octanol–water partition coefficient (Wildman–Crippen LogP) is 3.03. The Morgan fingerprint density at radius 3 is 2.60 bits per heavy atom. The number of nitrogens with one attached hydrogen (secondary N) is 1. The zero-order valence-corrected chi connectivity index (χ0v) is 12.0. The normalized spacial score (nSPS) is 10.3. The van der Waals surface area contributed by atoms with E-state index < -0.39 is 17.7 Å². The van der Waals surface area contributed by atoms with E-state index in [1.54, 1.807) is 6.92 Å². The molecular weight excluding hydrogens is 285 g/mol. The van der Waals surface area contributed by atoms with E-state index in [2.05, 4.69) is 5.32 Å². The minimum Gasteiger partial charge on any atom is -0.481 e. The van der Waals surface area contributed by atoms with Crippen LogP contribution in [-0.2, 0) is 11.2 Å². The van der Waals surface area contributed by atoms with Crippen molar-refractivity contribution in [1.29, 1.82) is 0 Å². The highest BCUT2D eigenvalue weighted by Crippen LogP contribution is 2.22. The average molecular weight is 302 g/mol. The predicted molar refractivity (Wildman–Crippen MR) is 74.6 cm³/mol. The molecule has 0 bridgehead atoms. The molecule has 0 aromatic heterocycles. The Morgan fingerprint density at radius 2 is 2.05 bits per heavy atom. The Morgan fingerprint density at radius 1 is 1.35 bits per heavy atom. The van der Waals surface area contributed by atoms with Gasteiger partial charge in [-0.15, -0.1) is 0 Å². The average Bonchev–Trinajstić information content (AvgIpc) is 2.37. The molecule has 0 spiro atoms. The molecule has 1 amide bonds. The third kappa shape index (κ3) is 4.81. The van der Waals surface area contributed by atoms with E-state index in [0.29, 0.717) is 31.4 Å². The van der Waals surface area contributed by atoms with Crippen molar-refractivity contribution in [2.45, 2.75) is 32.6 Å². The van der Waals surface area contributed by atoms with Gasteiger partial charge in [-0.1, -0.05) is 18.5 Å². The van der Waals surface area contributed by atoms with Crippen LogP contribution in [0.1, 0.15) is 42.1 Å². The number of carboxylic acids is 1. The molecule has 0 atom stereocenters. The fourth-order valence-electron chi connectivity index (χ4n) is 1.78. The van der Waals surface area contributed by atoms with Crippen LogP contribution in [0.5, 0.6) is 0 Å². The van der Waals surface area contributed by atoms with Crippen molar-refractivity contribution in [3.63, 3.8) is 0 Å². The van der Waals surface area contributed by atoms with Crippen LogP contribution in [0, 0.1) is 5.82 Å². The standard InChI is InChI=1S/C14H17ClFNO3/c1-2-10-11(15)7-9(8-12(10)16)14(20)17-6-4-3-5-13(18)19/h7-8H,2-6H2,1H3,(H,17,20)(H,18,19). The van der Waals surface area contributed by atoms with Crippen molar-refractivity contribution in [3.05, 3.63) is 34.1 Å². The summed E-state index contributed by atoms with van der Waals surface area (Å²) in [5.74, 6) is -1.76. The Balaban J connectivity index is 2.54. The number of rotatable bonds is 7. The highest BCUT2D eigenvalue weighted by molar-refractivity contribution is 6.31. The van der Waals surface area contributed by atoms with Crippen molar-refractivity contribution >= 4 is 23.5 Å². The van der Waals surface area contributed by atoms with Crippen LogP contribution in [0.15, 0.2) is 12.1 Å². The summed E-state index contributed by atoms with van der Waals surface area (Å²) >= 11 is 5.91. The lowest BCUT2D eigenvalue weighted by Crippen LogP contribution is -2.24. The zero-order valence-electron chi connectivity index (χ0n) is 11.2. The fraction of sp³-hybridized carbons (Fsp3) is 0.429. The van der Waals surface area contributed by atoms with Gasteiger partial charge in [-0.2, -0.15) is 0 Å². The molecule has 6 heteroatoms. The van der Waals surface area contributed by atoms with Crippen LogP contribution < -0.4 is 5.32 Å². The van der Waals surface area contributed by atoms with Gasteiger partial charge in [0, 0.05) is 29.1 Å². The molecule has 0 unspecified atom stereocenters. The maximum Gasteiger partial charge on any atom is 0.303 e. The second-order valence-corrected chi connectivity index (χ2v) is 4.79. The van der Waals surface area contributed by atoms with Gasteiger partial charge in [0.1, 0.15) is 5.82 Å². The first kappa shape index (κ1) is 16.4. The van der Waals surface area contributed by atoms with Gasteiger partial charge in [-0.05, 0) is 31.4 Å². The summed E-state index contributed by atoms with van der Waals surface area (Å²) in [4.78, 5) is 22.1. The summed E-state index contributed by atoms with van der Waals surface area (Å²) < 4.78 is 13.7. The van der Waals surface area contributed by atoms with Gasteiger partial charge >= 0.3 is 5.97 Å². The molecule has 0 radical (unpaired) electrons. The van der Waals surface area contributed by atoms with E-state index in [9.17, 15) is 14.0 Å². The highest BCUT2D eigenvalue weighted by Gasteiger charge is 2.12. The third-order valence-electron chi connectivity index (χ3n) is 2.86. The number of aliphatic carboxylic acids is 1. The third-order valence-corrected chi connectivity index (χ3v) is 3.20. The molecule has 1 aromatic rings. The fourth-order valence-corrected chi connectivity index (χ4v) is 2.12. The second-order valence-electron chi connectivity index (χ2n) is 4.38. The molecule has 0 saturated carbocycles. The van der Waals surface area contributed by atoms with Crippen LogP contribution in [0.4, 0.5) is 4.39 Å². The van der Waals surface area contributed by atoms with Gasteiger partial charge < -0.3 is 10.4 Å². The van der Waals surface area contributed by atoms with E-state index in [4.69, 9.17) is 16.7 Å². The summed E-state index contributed by atoms with van der Waals surface area (Å²) in [6.07, 6.45) is 1.57. The first-order valence-electron chi connectivity index (χ1n) is 6.43. The number of benzene rings is 1. The molecule has 1 rings (SSSR count). The Bertz CT molecular complexity index is 482. The number of amides is 1. The van der Waals surface area contributed by atoms with Gasteiger partial charge in [0.15, 0.2) is 0 Å². The topological polar surface area (TPSA) is 66.4 Å². The molecule has 0 heterocycles. The lowest BCUT2D eigenvalue weighted by atomic mass is 10.1. The molecule has 1 aromatic carbocycles. The van der Waals surface area contributed by atoms with Crippen molar-refractivity contribution < 1.29 is 19.1 Å². The van der Waals surface area contributed by atoms with E-state index in [1.807, 2.05) is 0 Å². The molecular formula is C14H17ClFNO3. The molecule has 20 heavy (non-hydrogen) atoms. The van der Waals surface area contributed by atoms with Crippen molar-refractivity contribution in [2.75, 3.05) is 6.54 Å². The number of halogens is 2. The summed E-state index contributed by atoms with van der Waals surface area (Å²) in [5.41, 5.74) is 0.563. The van der Waals surface area contributed by atoms with Crippen molar-refractivity contribution in [2.24, 2.45) is 0 Å².